The minimum absolute atomic E-state index is 0.0653. The van der Waals surface area contributed by atoms with Gasteiger partial charge in [0.25, 0.3) is 0 Å². The molecular weight excluding hydrogens is 335 g/mol. The van der Waals surface area contributed by atoms with Crippen molar-refractivity contribution in [2.45, 2.75) is 64.4 Å². The third-order valence-electron chi connectivity index (χ3n) is 5.64. The molecule has 1 nitrogen and oxygen atoms in total. The van der Waals surface area contributed by atoms with Crippen LogP contribution in [0.15, 0.2) is 54.6 Å². The molecule has 0 unspecified atom stereocenters. The number of halogens is 1. The van der Waals surface area contributed by atoms with Gasteiger partial charge in [-0.3, -0.25) is 0 Å². The van der Waals surface area contributed by atoms with Crippen LogP contribution in [0.25, 0.3) is 11.1 Å². The highest BCUT2D eigenvalue weighted by Crippen LogP contribution is 2.36. The fraction of sp³-hybridized carbons (Fsp3) is 0.440. The van der Waals surface area contributed by atoms with Crippen molar-refractivity contribution >= 4 is 0 Å². The molecule has 0 saturated heterocycles. The Morgan fingerprint density at radius 1 is 1.00 bits per heavy atom. The van der Waals surface area contributed by atoms with Crippen molar-refractivity contribution in [3.05, 3.63) is 71.6 Å². The highest BCUT2D eigenvalue weighted by Gasteiger charge is 2.24. The number of hydrogen-bond acceptors (Lipinski definition) is 1. The molecule has 0 bridgehead atoms. The molecule has 2 aromatic rings. The smallest absolute Gasteiger partial charge is 0.127 e. The second-order valence-electron chi connectivity index (χ2n) is 7.47. The zero-order valence-corrected chi connectivity index (χ0v) is 16.6. The molecule has 3 rings (SSSR count). The van der Waals surface area contributed by atoms with E-state index in [9.17, 15) is 4.39 Å². The van der Waals surface area contributed by atoms with Crippen molar-refractivity contribution in [2.24, 2.45) is 0 Å². The molecule has 0 heterocycles. The largest absolute Gasteiger partial charge is 0.379 e. The van der Waals surface area contributed by atoms with Crippen LogP contribution >= 0.6 is 0 Å². The summed E-state index contributed by atoms with van der Waals surface area (Å²) in [6.07, 6.45) is 10.8. The average molecular weight is 367 g/mol. The zero-order chi connectivity index (χ0) is 19.1. The fourth-order valence-corrected chi connectivity index (χ4v) is 4.09. The minimum Gasteiger partial charge on any atom is -0.379 e. The van der Waals surface area contributed by atoms with E-state index < -0.39 is 0 Å². The molecule has 2 heteroatoms. The normalized spacial score (nSPS) is 20.3. The van der Waals surface area contributed by atoms with E-state index >= 15 is 0 Å². The Labute approximate surface area is 163 Å². The van der Waals surface area contributed by atoms with Gasteiger partial charge in [0.1, 0.15) is 5.82 Å². The summed E-state index contributed by atoms with van der Waals surface area (Å²) in [5.41, 5.74) is 4.23. The highest BCUT2D eigenvalue weighted by molar-refractivity contribution is 5.64. The van der Waals surface area contributed by atoms with Crippen LogP contribution in [-0.4, -0.2) is 12.7 Å². The topological polar surface area (TPSA) is 9.23 Å². The quantitative estimate of drug-likeness (QED) is 0.476. The van der Waals surface area contributed by atoms with Crippen LogP contribution in [0.3, 0.4) is 0 Å². The first-order valence-corrected chi connectivity index (χ1v) is 10.3. The number of hydrogen-bond donors (Lipinski definition) is 0. The van der Waals surface area contributed by atoms with Crippen molar-refractivity contribution in [1.82, 2.24) is 0 Å². The van der Waals surface area contributed by atoms with E-state index in [1.54, 1.807) is 6.07 Å². The fourth-order valence-electron chi connectivity index (χ4n) is 4.09. The summed E-state index contributed by atoms with van der Waals surface area (Å²) >= 11 is 0. The Morgan fingerprint density at radius 3 is 2.33 bits per heavy atom. The Hall–Kier alpha value is -1.93. The van der Waals surface area contributed by atoms with Gasteiger partial charge in [0.15, 0.2) is 0 Å². The summed E-state index contributed by atoms with van der Waals surface area (Å²) in [6, 6.07) is 14.3. The second-order valence-corrected chi connectivity index (χ2v) is 7.47. The predicted octanol–water partition coefficient (Wildman–Crippen LogP) is 7.06. The van der Waals surface area contributed by atoms with E-state index in [0.717, 1.165) is 61.8 Å². The molecule has 0 amide bonds. The van der Waals surface area contributed by atoms with Crippen molar-refractivity contribution in [3.8, 4) is 11.1 Å². The van der Waals surface area contributed by atoms with Gasteiger partial charge in [-0.2, -0.15) is 0 Å². The summed E-state index contributed by atoms with van der Waals surface area (Å²) in [5, 5.41) is 0. The van der Waals surface area contributed by atoms with E-state index in [1.165, 1.54) is 5.56 Å². The Bertz CT molecular complexity index is 739. The molecule has 1 fully saturated rings. The Morgan fingerprint density at radius 2 is 1.70 bits per heavy atom. The lowest BCUT2D eigenvalue weighted by atomic mass is 9.82. The van der Waals surface area contributed by atoms with Crippen LogP contribution in [0.5, 0.6) is 0 Å². The maximum atomic E-state index is 14.8. The van der Waals surface area contributed by atoms with Crippen LogP contribution in [0.1, 0.15) is 63.0 Å². The lowest BCUT2D eigenvalue weighted by Crippen LogP contribution is -2.21. The molecule has 0 atom stereocenters. The molecule has 144 valence electrons. The standard InChI is InChI=1S/C25H31FO/c1-3-5-6-7-19-8-10-20(11-9-19)22-14-17-24(25(26)18-22)21-12-15-23(16-13-21)27-4-2/h3,5,8-11,14,17-18,21,23H,4,6-7,12-13,15-16H2,1-2H3/b5-3+. The van der Waals surface area contributed by atoms with E-state index in [4.69, 9.17) is 4.74 Å². The first-order chi connectivity index (χ1) is 13.2. The number of allylic oxidation sites excluding steroid dienone is 2. The van der Waals surface area contributed by atoms with Crippen molar-refractivity contribution in [1.29, 1.82) is 0 Å². The minimum atomic E-state index is -0.0653. The van der Waals surface area contributed by atoms with E-state index in [2.05, 4.69) is 42.5 Å². The third-order valence-corrected chi connectivity index (χ3v) is 5.64. The maximum Gasteiger partial charge on any atom is 0.127 e. The number of rotatable bonds is 7. The SMILES string of the molecule is C/C=C/CCc1ccc(-c2ccc(C3CCC(OCC)CC3)c(F)c2)cc1. The van der Waals surface area contributed by atoms with Gasteiger partial charge in [0, 0.05) is 6.61 Å². The predicted molar refractivity (Wildman–Crippen MR) is 112 cm³/mol. The zero-order valence-electron chi connectivity index (χ0n) is 16.6. The van der Waals surface area contributed by atoms with Gasteiger partial charge >= 0.3 is 0 Å². The summed E-state index contributed by atoms with van der Waals surface area (Å²) in [5.74, 6) is 0.259. The summed E-state index contributed by atoms with van der Waals surface area (Å²) < 4.78 is 20.5. The second kappa shape index (κ2) is 9.85. The van der Waals surface area contributed by atoms with Crippen LogP contribution in [0.2, 0.25) is 0 Å². The van der Waals surface area contributed by atoms with Crippen molar-refractivity contribution in [3.63, 3.8) is 0 Å². The van der Waals surface area contributed by atoms with E-state index in [-0.39, 0.29) is 5.82 Å². The third kappa shape index (κ3) is 5.29. The summed E-state index contributed by atoms with van der Waals surface area (Å²) in [4.78, 5) is 0. The van der Waals surface area contributed by atoms with Gasteiger partial charge in [-0.1, -0.05) is 48.6 Å². The van der Waals surface area contributed by atoms with E-state index in [0.29, 0.717) is 12.0 Å². The Kier molecular flexibility index (Phi) is 7.23. The maximum absolute atomic E-state index is 14.8. The molecule has 0 spiro atoms. The lowest BCUT2D eigenvalue weighted by molar-refractivity contribution is 0.0326. The summed E-state index contributed by atoms with van der Waals surface area (Å²) in [6.45, 7) is 4.86. The molecule has 27 heavy (non-hydrogen) atoms. The lowest BCUT2D eigenvalue weighted by Gasteiger charge is -2.28. The van der Waals surface area contributed by atoms with Gasteiger partial charge in [-0.25, -0.2) is 4.39 Å². The number of aryl methyl sites for hydroxylation is 1. The van der Waals surface area contributed by atoms with E-state index in [1.807, 2.05) is 19.9 Å². The Balaban J connectivity index is 1.66. The highest BCUT2D eigenvalue weighted by atomic mass is 19.1. The van der Waals surface area contributed by atoms with Crippen LogP contribution in [0, 0.1) is 5.82 Å². The molecule has 0 aliphatic heterocycles. The van der Waals surface area contributed by atoms with Gasteiger partial charge in [0.05, 0.1) is 6.10 Å². The molecule has 2 aromatic carbocycles. The molecular formula is C25H31FO. The van der Waals surface area contributed by atoms with Crippen molar-refractivity contribution in [2.75, 3.05) is 6.61 Å². The summed E-state index contributed by atoms with van der Waals surface area (Å²) in [7, 11) is 0. The van der Waals surface area contributed by atoms with Gasteiger partial charge in [-0.15, -0.1) is 0 Å². The van der Waals surface area contributed by atoms with Crippen molar-refractivity contribution < 1.29 is 9.13 Å². The van der Waals surface area contributed by atoms with Crippen LogP contribution in [0.4, 0.5) is 4.39 Å². The molecule has 1 aliphatic carbocycles. The molecule has 0 N–H and O–H groups in total. The van der Waals surface area contributed by atoms with Crippen LogP contribution < -0.4 is 0 Å². The molecule has 1 saturated carbocycles. The molecule has 0 aromatic heterocycles. The van der Waals surface area contributed by atoms with Gasteiger partial charge in [0.2, 0.25) is 0 Å². The molecule has 1 aliphatic rings. The number of ether oxygens (including phenoxy) is 1. The van der Waals surface area contributed by atoms with Crippen LogP contribution in [-0.2, 0) is 11.2 Å². The monoisotopic (exact) mass is 366 g/mol. The first kappa shape index (κ1) is 19.8. The molecule has 0 radical (unpaired) electrons. The van der Waals surface area contributed by atoms with Gasteiger partial charge < -0.3 is 4.74 Å². The average Bonchev–Trinajstić information content (AvgIpc) is 2.70. The van der Waals surface area contributed by atoms with Gasteiger partial charge in [-0.05, 0) is 86.6 Å². The number of benzene rings is 2. The first-order valence-electron chi connectivity index (χ1n) is 10.3.